The monoisotopic (exact) mass is 444 g/mol. The summed E-state index contributed by atoms with van der Waals surface area (Å²) in [5.74, 6) is 0. The van der Waals surface area contributed by atoms with Gasteiger partial charge in [-0.05, 0) is 55.6 Å². The van der Waals surface area contributed by atoms with Crippen LogP contribution in [0.3, 0.4) is 0 Å². The maximum Gasteiger partial charge on any atom is 0.195 e. The van der Waals surface area contributed by atoms with Crippen LogP contribution in [0.2, 0.25) is 0 Å². The third kappa shape index (κ3) is 2.75. The minimum Gasteiger partial charge on any atom is -0.289 e. The van der Waals surface area contributed by atoms with E-state index in [1.165, 1.54) is 5.56 Å². The lowest BCUT2D eigenvalue weighted by Crippen LogP contribution is -2.12. The second-order valence-electron chi connectivity index (χ2n) is 11.8. The Labute approximate surface area is 198 Å². The normalized spacial score (nSPS) is 14.3. The van der Waals surface area contributed by atoms with Gasteiger partial charge in [0.1, 0.15) is 0 Å². The number of benzene rings is 4. The molecule has 0 aliphatic carbocycles. The minimum absolute atomic E-state index is 0.0367. The van der Waals surface area contributed by atoms with Gasteiger partial charge in [0.25, 0.3) is 0 Å². The van der Waals surface area contributed by atoms with Crippen LogP contribution < -0.4 is 10.9 Å². The molecule has 6 aromatic rings. The van der Waals surface area contributed by atoms with E-state index in [0.29, 0.717) is 15.8 Å². The fourth-order valence-corrected chi connectivity index (χ4v) is 5.51. The third-order valence-corrected chi connectivity index (χ3v) is 7.42. The van der Waals surface area contributed by atoms with Gasteiger partial charge in [0.15, 0.2) is 10.9 Å². The van der Waals surface area contributed by atoms with Gasteiger partial charge < -0.3 is 0 Å². The predicted molar refractivity (Wildman–Crippen MR) is 144 cm³/mol. The van der Waals surface area contributed by atoms with Crippen molar-refractivity contribution in [2.45, 2.75) is 52.4 Å². The Morgan fingerprint density at radius 1 is 0.500 bits per heavy atom. The lowest BCUT2D eigenvalue weighted by atomic mass is 9.82. The molecule has 0 aliphatic rings. The molecule has 0 unspecified atom stereocenters. The number of hydrogen-bond donors (Lipinski definition) is 0. The minimum atomic E-state index is -0.0935. The molecule has 0 amide bonds. The van der Waals surface area contributed by atoms with Crippen molar-refractivity contribution in [2.75, 3.05) is 0 Å². The first kappa shape index (κ1) is 21.0. The molecule has 0 spiro atoms. The second kappa shape index (κ2) is 6.54. The van der Waals surface area contributed by atoms with Crippen LogP contribution in [-0.4, -0.2) is 0 Å². The van der Waals surface area contributed by atoms with Gasteiger partial charge in [-0.25, -0.2) is 0 Å². The lowest BCUT2D eigenvalue weighted by molar-refractivity contribution is 0.590. The molecule has 0 bridgehead atoms. The summed E-state index contributed by atoms with van der Waals surface area (Å²) < 4.78 is 0. The number of hydrogen-bond acceptors (Lipinski definition) is 2. The molecule has 0 atom stereocenters. The van der Waals surface area contributed by atoms with Gasteiger partial charge in [0, 0.05) is 32.0 Å². The average molecular weight is 445 g/mol. The van der Waals surface area contributed by atoms with Crippen LogP contribution in [0.1, 0.15) is 52.7 Å². The van der Waals surface area contributed by atoms with Gasteiger partial charge in [-0.2, -0.15) is 0 Å². The van der Waals surface area contributed by atoms with Crippen molar-refractivity contribution >= 4 is 43.1 Å². The molecule has 2 heteroatoms. The zero-order chi connectivity index (χ0) is 24.2. The molecular weight excluding hydrogens is 416 g/mol. The van der Waals surface area contributed by atoms with E-state index < -0.39 is 0 Å². The molecule has 0 saturated carbocycles. The molecule has 6 aromatic carbocycles. The maximum atomic E-state index is 14.1. The van der Waals surface area contributed by atoms with E-state index in [9.17, 15) is 9.59 Å². The van der Waals surface area contributed by atoms with Gasteiger partial charge in [0.2, 0.25) is 0 Å². The first-order valence-electron chi connectivity index (χ1n) is 12.0. The highest BCUT2D eigenvalue weighted by Crippen LogP contribution is 2.37. The van der Waals surface area contributed by atoms with Crippen LogP contribution >= 0.6 is 0 Å². The first-order valence-corrected chi connectivity index (χ1v) is 12.0. The Morgan fingerprint density at radius 2 is 0.971 bits per heavy atom. The van der Waals surface area contributed by atoms with Crippen molar-refractivity contribution in [3.8, 4) is 0 Å². The lowest BCUT2D eigenvalue weighted by Gasteiger charge is -2.22. The standard InChI is InChI=1S/C32H28O2/c1-31(2,3)19-13-18-14-20(32(4,5)6)16-24-26(18)23(15-19)28(30(24)34)27-21-11-7-9-17-10-8-12-22(25(17)21)29(27)33/h7-16H,1-6H3/b28-27-. The van der Waals surface area contributed by atoms with Crippen LogP contribution in [-0.2, 0) is 10.8 Å². The van der Waals surface area contributed by atoms with E-state index in [0.717, 1.165) is 43.3 Å². The van der Waals surface area contributed by atoms with Crippen molar-refractivity contribution in [2.24, 2.45) is 0 Å². The van der Waals surface area contributed by atoms with Gasteiger partial charge in [0.05, 0.1) is 0 Å². The topological polar surface area (TPSA) is 34.1 Å². The molecule has 6 rings (SSSR count). The molecule has 0 fully saturated rings. The smallest absolute Gasteiger partial charge is 0.195 e. The SMILES string of the molecule is CC(C)(C)c1cc2cc(C(C)(C)C)cc3/c(=c4/c(=O)c5cccc6cccc4c65)c(=O)c(c1)c23. The summed E-state index contributed by atoms with van der Waals surface area (Å²) in [6.45, 7) is 13.1. The van der Waals surface area contributed by atoms with Crippen LogP contribution in [0.15, 0.2) is 70.3 Å². The van der Waals surface area contributed by atoms with E-state index in [-0.39, 0.29) is 21.7 Å². The third-order valence-electron chi connectivity index (χ3n) is 7.42. The van der Waals surface area contributed by atoms with E-state index in [2.05, 4.69) is 59.7 Å². The van der Waals surface area contributed by atoms with E-state index in [1.54, 1.807) is 0 Å². The summed E-state index contributed by atoms with van der Waals surface area (Å²) >= 11 is 0. The summed E-state index contributed by atoms with van der Waals surface area (Å²) in [5.41, 5.74) is 2.03. The van der Waals surface area contributed by atoms with Crippen molar-refractivity contribution < 1.29 is 0 Å². The molecule has 0 saturated heterocycles. The summed E-state index contributed by atoms with van der Waals surface area (Å²) in [4.78, 5) is 27.9. The van der Waals surface area contributed by atoms with Crippen molar-refractivity contribution in [1.82, 2.24) is 0 Å². The van der Waals surface area contributed by atoms with Crippen molar-refractivity contribution in [1.29, 1.82) is 0 Å². The van der Waals surface area contributed by atoms with Gasteiger partial charge >= 0.3 is 0 Å². The summed E-state index contributed by atoms with van der Waals surface area (Å²) in [7, 11) is 0. The van der Waals surface area contributed by atoms with E-state index in [1.807, 2.05) is 42.5 Å². The van der Waals surface area contributed by atoms with Gasteiger partial charge in [-0.15, -0.1) is 0 Å². The van der Waals surface area contributed by atoms with Gasteiger partial charge in [-0.3, -0.25) is 9.59 Å². The predicted octanol–water partition coefficient (Wildman–Crippen LogP) is 7.22. The van der Waals surface area contributed by atoms with Crippen molar-refractivity contribution in [3.63, 3.8) is 0 Å². The fourth-order valence-electron chi connectivity index (χ4n) is 5.51. The zero-order valence-corrected chi connectivity index (χ0v) is 20.6. The maximum absolute atomic E-state index is 14.1. The zero-order valence-electron chi connectivity index (χ0n) is 20.6. The molecule has 0 heterocycles. The Balaban J connectivity index is 2.01. The average Bonchev–Trinajstić information content (AvgIpc) is 3.20. The highest BCUT2D eigenvalue weighted by atomic mass is 16.1. The van der Waals surface area contributed by atoms with Gasteiger partial charge in [-0.1, -0.05) is 90.1 Å². The highest BCUT2D eigenvalue weighted by Gasteiger charge is 2.23. The highest BCUT2D eigenvalue weighted by molar-refractivity contribution is 6.15. The quantitative estimate of drug-likeness (QED) is 0.248. The fraction of sp³-hybridized carbons (Fsp3) is 0.250. The molecule has 0 radical (unpaired) electrons. The van der Waals surface area contributed by atoms with Crippen LogP contribution in [0.25, 0.3) is 43.1 Å². The molecular formula is C32H28O2. The second-order valence-corrected chi connectivity index (χ2v) is 11.8. The molecule has 2 nitrogen and oxygen atoms in total. The Kier molecular flexibility index (Phi) is 4.05. The van der Waals surface area contributed by atoms with E-state index in [4.69, 9.17) is 0 Å². The Bertz CT molecular complexity index is 1940. The Hall–Kier alpha value is -3.52. The summed E-state index contributed by atoms with van der Waals surface area (Å²) in [6.07, 6.45) is 0. The van der Waals surface area contributed by atoms with Crippen LogP contribution in [0.4, 0.5) is 0 Å². The largest absolute Gasteiger partial charge is 0.289 e. The van der Waals surface area contributed by atoms with Crippen LogP contribution in [0, 0.1) is 10.4 Å². The molecule has 34 heavy (non-hydrogen) atoms. The van der Waals surface area contributed by atoms with Crippen molar-refractivity contribution in [3.05, 3.63) is 103 Å². The number of rotatable bonds is 0. The van der Waals surface area contributed by atoms with Crippen LogP contribution in [0.5, 0.6) is 0 Å². The summed E-state index contributed by atoms with van der Waals surface area (Å²) in [5, 5.41) is 8.35. The summed E-state index contributed by atoms with van der Waals surface area (Å²) in [6, 6.07) is 20.5. The molecule has 168 valence electrons. The Morgan fingerprint density at radius 3 is 1.56 bits per heavy atom. The molecule has 0 aromatic heterocycles. The van der Waals surface area contributed by atoms with E-state index >= 15 is 0 Å². The first-order chi connectivity index (χ1) is 16.0. The molecule has 0 aliphatic heterocycles. The molecule has 0 N–H and O–H groups in total.